The van der Waals surface area contributed by atoms with Gasteiger partial charge in [0.2, 0.25) is 3.57 Å². The van der Waals surface area contributed by atoms with Crippen molar-refractivity contribution >= 4 is 15.7 Å². The van der Waals surface area contributed by atoms with Crippen molar-refractivity contribution in [3.8, 4) is 0 Å². The summed E-state index contributed by atoms with van der Waals surface area (Å²) in [7, 11) is -3.98. The fraction of sp³-hybridized carbons (Fsp3) is 0.500. The molecule has 0 aromatic heterocycles. The number of carbonyl (C=O) groups is 1. The average Bonchev–Trinajstić information content (AvgIpc) is 2.50. The summed E-state index contributed by atoms with van der Waals surface area (Å²) in [6.07, 6.45) is -6.64. The smallest absolute Gasteiger partial charge is 0.264 e. The van der Waals surface area contributed by atoms with Gasteiger partial charge in [0.05, 0.1) is 4.75 Å². The molecular weight excluding hydrogens is 522 g/mol. The Hall–Kier alpha value is -1.12. The van der Waals surface area contributed by atoms with Gasteiger partial charge in [-0.15, -0.1) is 3.53 Å². The number of carbonyl (C=O) groups excluding carboxylic acids is 1. The van der Waals surface area contributed by atoms with Crippen molar-refractivity contribution < 1.29 is 65.4 Å². The van der Waals surface area contributed by atoms with E-state index in [0.717, 1.165) is 12.1 Å². The Kier molecular flexibility index (Phi) is 6.53. The molecule has 1 amide bonds. The van der Waals surface area contributed by atoms with Crippen LogP contribution >= 0.6 is 0 Å². The first-order valence-corrected chi connectivity index (χ1v) is 10.6. The molecule has 0 saturated carbocycles. The van der Waals surface area contributed by atoms with Crippen LogP contribution in [-0.2, 0) is 14.6 Å². The first-order valence-electron chi connectivity index (χ1n) is 6.97. The molecule has 0 aliphatic heterocycles. The first-order chi connectivity index (χ1) is 11.9. The van der Waals surface area contributed by atoms with Crippen LogP contribution in [0, 0.1) is 3.57 Å². The molecule has 4 nitrogen and oxygen atoms in total. The molecule has 0 bridgehead atoms. The van der Waals surface area contributed by atoms with Gasteiger partial charge in [0.15, 0.2) is 9.84 Å². The van der Waals surface area contributed by atoms with E-state index >= 15 is 0 Å². The minimum absolute atomic E-state index is 0.134. The summed E-state index contributed by atoms with van der Waals surface area (Å²) in [5.74, 6) is -15.5. The highest BCUT2D eigenvalue weighted by Crippen LogP contribution is 2.46. The number of rotatable bonds is 5. The molecule has 1 N–H and O–H groups in total. The number of amides is 1. The van der Waals surface area contributed by atoms with E-state index in [1.54, 1.807) is 0 Å². The van der Waals surface area contributed by atoms with Gasteiger partial charge in [-0.3, -0.25) is 4.79 Å². The van der Waals surface area contributed by atoms with Crippen LogP contribution in [0.4, 0.5) is 30.7 Å². The van der Waals surface area contributed by atoms with Gasteiger partial charge in [0.25, 0.3) is 0 Å². The summed E-state index contributed by atoms with van der Waals surface area (Å²) in [5, 5.41) is 0. The number of hydrogen-bond acceptors (Lipinski definition) is 3. The summed E-state index contributed by atoms with van der Waals surface area (Å²) >= 11 is -2.16. The van der Waals surface area contributed by atoms with Gasteiger partial charge >= 0.3 is 45.4 Å². The van der Waals surface area contributed by atoms with Gasteiger partial charge in [-0.25, -0.2) is 8.42 Å². The summed E-state index contributed by atoms with van der Waals surface area (Å²) in [6, 6.07) is 4.92. The molecule has 0 spiro atoms. The maximum Gasteiger partial charge on any atom is 0.468 e. The van der Waals surface area contributed by atoms with Crippen molar-refractivity contribution in [3.63, 3.8) is 0 Å². The third kappa shape index (κ3) is 4.49. The molecule has 0 fully saturated rings. The zero-order chi connectivity index (χ0) is 21.5. The summed E-state index contributed by atoms with van der Waals surface area (Å²) < 4.78 is 114. The topological polar surface area (TPSA) is 63.2 Å². The molecule has 13 heteroatoms. The van der Waals surface area contributed by atoms with Crippen molar-refractivity contribution in [1.82, 2.24) is 3.53 Å². The summed E-state index contributed by atoms with van der Waals surface area (Å²) in [5.41, 5.74) is 0. The quantitative estimate of drug-likeness (QED) is 0.337. The molecule has 0 saturated heterocycles. The van der Waals surface area contributed by atoms with E-state index in [-0.39, 0.29) is 8.47 Å². The predicted octanol–water partition coefficient (Wildman–Crippen LogP) is 0.381. The lowest BCUT2D eigenvalue weighted by atomic mass is 10.1. The molecule has 154 valence electrons. The Bertz CT molecular complexity index is 817. The Morgan fingerprint density at radius 1 is 0.963 bits per heavy atom. The van der Waals surface area contributed by atoms with Gasteiger partial charge in [-0.2, -0.15) is 30.7 Å². The lowest BCUT2D eigenvalue weighted by Crippen LogP contribution is -3.68. The van der Waals surface area contributed by atoms with E-state index in [9.17, 15) is 43.9 Å². The van der Waals surface area contributed by atoms with E-state index < -0.39 is 60.0 Å². The third-order valence-electron chi connectivity index (χ3n) is 3.20. The molecule has 1 rings (SSSR count). The molecule has 0 atom stereocenters. The van der Waals surface area contributed by atoms with Gasteiger partial charge in [-0.1, -0.05) is 12.1 Å². The minimum Gasteiger partial charge on any atom is -0.264 e. The van der Waals surface area contributed by atoms with Crippen molar-refractivity contribution in [2.45, 2.75) is 48.4 Å². The monoisotopic (exact) mass is 536 g/mol. The van der Waals surface area contributed by atoms with E-state index in [2.05, 4.69) is 0 Å². The fourth-order valence-electron chi connectivity index (χ4n) is 1.54. The van der Waals surface area contributed by atoms with Crippen molar-refractivity contribution in [2.75, 3.05) is 0 Å². The van der Waals surface area contributed by atoms with Crippen LogP contribution < -0.4 is 25.0 Å². The van der Waals surface area contributed by atoms with Gasteiger partial charge in [0, 0.05) is 0 Å². The molecule has 0 aliphatic rings. The number of hydrogen-bond donors (Lipinski definition) is 1. The van der Waals surface area contributed by atoms with Crippen molar-refractivity contribution in [2.24, 2.45) is 0 Å². The third-order valence-corrected chi connectivity index (χ3v) is 8.40. The van der Waals surface area contributed by atoms with Crippen LogP contribution in [0.15, 0.2) is 29.2 Å². The SMILES string of the molecule is CC(C)(C)S(=O)(=O)c1ccccc1[I+]NC(=O)C(F)(F)C(F)(F)C(F)(F)F. The van der Waals surface area contributed by atoms with Crippen LogP contribution in [0.5, 0.6) is 0 Å². The lowest BCUT2D eigenvalue weighted by molar-refractivity contribution is -0.676. The summed E-state index contributed by atoms with van der Waals surface area (Å²) in [4.78, 5) is 11.0. The normalized spacial score (nSPS) is 14.1. The van der Waals surface area contributed by atoms with Gasteiger partial charge in [0.1, 0.15) is 4.90 Å². The fourth-order valence-corrected chi connectivity index (χ4v) is 5.62. The molecule has 1 aromatic rings. The Labute approximate surface area is 161 Å². The van der Waals surface area contributed by atoms with E-state index in [4.69, 9.17) is 0 Å². The highest BCUT2D eigenvalue weighted by atomic mass is 127. The molecule has 0 aliphatic carbocycles. The average molecular weight is 536 g/mol. The van der Waals surface area contributed by atoms with E-state index in [0.29, 0.717) is 0 Å². The number of nitrogens with one attached hydrogen (secondary N) is 1. The highest BCUT2D eigenvalue weighted by Gasteiger charge is 2.77. The number of benzene rings is 1. The molecule has 27 heavy (non-hydrogen) atoms. The van der Waals surface area contributed by atoms with Gasteiger partial charge < -0.3 is 0 Å². The van der Waals surface area contributed by atoms with Crippen LogP contribution in [0.2, 0.25) is 0 Å². The number of halogens is 8. The van der Waals surface area contributed by atoms with Crippen LogP contribution in [0.1, 0.15) is 20.8 Å². The number of alkyl halides is 7. The van der Waals surface area contributed by atoms with E-state index in [1.807, 2.05) is 0 Å². The minimum atomic E-state index is -6.64. The van der Waals surface area contributed by atoms with E-state index in [1.165, 1.54) is 36.4 Å². The highest BCUT2D eigenvalue weighted by molar-refractivity contribution is 7.92. The first kappa shape index (κ1) is 23.9. The Morgan fingerprint density at radius 3 is 1.89 bits per heavy atom. The number of sulfone groups is 1. The second-order valence-electron chi connectivity index (χ2n) is 6.21. The zero-order valence-electron chi connectivity index (χ0n) is 14.0. The maximum absolute atomic E-state index is 13.3. The van der Waals surface area contributed by atoms with Crippen molar-refractivity contribution in [1.29, 1.82) is 0 Å². The predicted molar refractivity (Wildman–Crippen MR) is 76.2 cm³/mol. The molecular formula is C14H14F7INO3S+. The van der Waals surface area contributed by atoms with Crippen LogP contribution in [-0.4, -0.2) is 37.1 Å². The van der Waals surface area contributed by atoms with Crippen LogP contribution in [0.3, 0.4) is 0 Å². The Balaban J connectivity index is 3.16. The summed E-state index contributed by atoms with van der Waals surface area (Å²) in [6.45, 7) is 4.07. The zero-order valence-corrected chi connectivity index (χ0v) is 16.9. The molecule has 0 heterocycles. The molecule has 1 aromatic carbocycles. The maximum atomic E-state index is 13.3. The second-order valence-corrected chi connectivity index (χ2v) is 11.1. The van der Waals surface area contributed by atoms with Gasteiger partial charge in [-0.05, 0) is 32.9 Å². The largest absolute Gasteiger partial charge is 0.468 e. The Morgan fingerprint density at radius 2 is 1.44 bits per heavy atom. The lowest BCUT2D eigenvalue weighted by Gasteiger charge is -2.25. The molecule has 0 radical (unpaired) electrons. The van der Waals surface area contributed by atoms with Crippen LogP contribution in [0.25, 0.3) is 0 Å². The molecule has 0 unspecified atom stereocenters. The van der Waals surface area contributed by atoms with Crippen molar-refractivity contribution in [3.05, 3.63) is 27.8 Å². The standard InChI is InChI=1S/C14H13F7INO3S/c1-11(2,3)27(25,26)9-7-5-4-6-8(9)22-23-10(24)12(15,16)13(17,18)14(19,20)21/h4-7H,1-3H3/p+1. The second kappa shape index (κ2) is 7.37.